The van der Waals surface area contributed by atoms with Crippen LogP contribution in [0.5, 0.6) is 0 Å². The molecule has 2 aromatic rings. The first kappa shape index (κ1) is 14.3. The van der Waals surface area contributed by atoms with Crippen LogP contribution in [0.25, 0.3) is 0 Å². The molecule has 2 N–H and O–H groups in total. The average Bonchev–Trinajstić information content (AvgIpc) is 2.94. The van der Waals surface area contributed by atoms with Crippen LogP contribution in [0.4, 0.5) is 0 Å². The molecule has 0 radical (unpaired) electrons. The Bertz CT molecular complexity index is 656. The van der Waals surface area contributed by atoms with Crippen molar-refractivity contribution in [2.75, 3.05) is 0 Å². The van der Waals surface area contributed by atoms with E-state index in [1.807, 2.05) is 6.07 Å². The molecule has 0 spiro atoms. The topological polar surface area (TPSA) is 64.9 Å². The van der Waals surface area contributed by atoms with Crippen LogP contribution in [0.1, 0.15) is 69.3 Å². The maximum absolute atomic E-state index is 6.73. The van der Waals surface area contributed by atoms with Gasteiger partial charge in [0.05, 0.1) is 0 Å². The van der Waals surface area contributed by atoms with Gasteiger partial charge < -0.3 is 10.3 Å². The maximum Gasteiger partial charge on any atom is 0.232 e. The highest BCUT2D eigenvalue weighted by Crippen LogP contribution is 2.42. The largest absolute Gasteiger partial charge is 0.339 e. The predicted octanol–water partition coefficient (Wildman–Crippen LogP) is 3.47. The molecule has 0 bridgehead atoms. The summed E-state index contributed by atoms with van der Waals surface area (Å²) >= 11 is 0. The van der Waals surface area contributed by atoms with Gasteiger partial charge in [-0.1, -0.05) is 57.1 Å². The smallest absolute Gasteiger partial charge is 0.232 e. The fourth-order valence-electron chi connectivity index (χ4n) is 3.01. The lowest BCUT2D eigenvalue weighted by atomic mass is 9.72. The van der Waals surface area contributed by atoms with Gasteiger partial charge in [-0.25, -0.2) is 0 Å². The summed E-state index contributed by atoms with van der Waals surface area (Å²) in [7, 11) is 0. The van der Waals surface area contributed by atoms with Crippen LogP contribution in [0.15, 0.2) is 28.8 Å². The third-order valence-electron chi connectivity index (χ3n) is 4.41. The summed E-state index contributed by atoms with van der Waals surface area (Å²) in [6, 6.07) is 8.35. The Kier molecular flexibility index (Phi) is 3.17. The molecule has 2 atom stereocenters. The number of aromatic nitrogens is 2. The van der Waals surface area contributed by atoms with Gasteiger partial charge in [-0.15, -0.1) is 0 Å². The number of nitrogens with two attached hydrogens (primary N) is 1. The Hall–Kier alpha value is -1.68. The van der Waals surface area contributed by atoms with Crippen LogP contribution in [0.2, 0.25) is 0 Å². The van der Waals surface area contributed by atoms with Crippen molar-refractivity contribution in [2.45, 2.75) is 57.4 Å². The van der Waals surface area contributed by atoms with Crippen molar-refractivity contribution >= 4 is 0 Å². The van der Waals surface area contributed by atoms with E-state index in [2.05, 4.69) is 56.0 Å². The first-order valence-corrected chi connectivity index (χ1v) is 7.55. The molecule has 4 nitrogen and oxygen atoms in total. The Morgan fingerprint density at radius 3 is 2.67 bits per heavy atom. The molecule has 21 heavy (non-hydrogen) atoms. The van der Waals surface area contributed by atoms with Gasteiger partial charge in [0.2, 0.25) is 5.89 Å². The summed E-state index contributed by atoms with van der Waals surface area (Å²) in [6.07, 6.45) is 1.88. The highest BCUT2D eigenvalue weighted by molar-refractivity contribution is 5.42. The van der Waals surface area contributed by atoms with E-state index >= 15 is 0 Å². The summed E-state index contributed by atoms with van der Waals surface area (Å²) in [6.45, 7) is 8.42. The molecule has 0 amide bonds. The van der Waals surface area contributed by atoms with Crippen molar-refractivity contribution in [3.8, 4) is 0 Å². The van der Waals surface area contributed by atoms with Gasteiger partial charge >= 0.3 is 0 Å². The summed E-state index contributed by atoms with van der Waals surface area (Å²) in [4.78, 5) is 4.60. The molecule has 0 saturated carbocycles. The molecule has 1 aromatic heterocycles. The minimum absolute atomic E-state index is 0.164. The third kappa shape index (κ3) is 2.27. The lowest BCUT2D eigenvalue weighted by molar-refractivity contribution is 0.308. The van der Waals surface area contributed by atoms with Gasteiger partial charge in [-0.3, -0.25) is 0 Å². The first-order chi connectivity index (χ1) is 9.82. The van der Waals surface area contributed by atoms with E-state index in [9.17, 15) is 0 Å². The SMILES string of the molecule is CC1CCC(N)(c2noc(C(C)(C)C)n2)c2ccccc21. The van der Waals surface area contributed by atoms with E-state index in [0.717, 1.165) is 18.4 Å². The Morgan fingerprint density at radius 2 is 2.00 bits per heavy atom. The van der Waals surface area contributed by atoms with Crippen molar-refractivity contribution in [3.63, 3.8) is 0 Å². The van der Waals surface area contributed by atoms with Crippen molar-refractivity contribution in [1.29, 1.82) is 0 Å². The molecule has 1 heterocycles. The van der Waals surface area contributed by atoms with Gasteiger partial charge in [-0.05, 0) is 29.9 Å². The summed E-state index contributed by atoms with van der Waals surface area (Å²) in [5.74, 6) is 1.76. The van der Waals surface area contributed by atoms with Crippen molar-refractivity contribution < 1.29 is 4.52 Å². The number of benzene rings is 1. The third-order valence-corrected chi connectivity index (χ3v) is 4.41. The normalized spacial score (nSPS) is 25.7. The number of rotatable bonds is 1. The number of nitrogens with zero attached hydrogens (tertiary/aromatic N) is 2. The monoisotopic (exact) mass is 285 g/mol. The molecule has 1 aliphatic rings. The molecule has 1 aromatic carbocycles. The Morgan fingerprint density at radius 1 is 1.29 bits per heavy atom. The molecule has 112 valence electrons. The predicted molar refractivity (Wildman–Crippen MR) is 82.1 cm³/mol. The van der Waals surface area contributed by atoms with Crippen LogP contribution in [0.3, 0.4) is 0 Å². The second kappa shape index (κ2) is 4.67. The molecule has 3 rings (SSSR count). The average molecular weight is 285 g/mol. The van der Waals surface area contributed by atoms with Crippen molar-refractivity contribution in [1.82, 2.24) is 10.1 Å². The number of hydrogen-bond donors (Lipinski definition) is 1. The first-order valence-electron chi connectivity index (χ1n) is 7.55. The zero-order valence-corrected chi connectivity index (χ0v) is 13.2. The molecule has 0 fully saturated rings. The molecule has 1 aliphatic carbocycles. The van der Waals surface area contributed by atoms with Gasteiger partial charge in [-0.2, -0.15) is 4.98 Å². The number of hydrogen-bond acceptors (Lipinski definition) is 4. The van der Waals surface area contributed by atoms with Crippen molar-refractivity contribution in [2.24, 2.45) is 5.73 Å². The van der Waals surface area contributed by atoms with Crippen LogP contribution in [-0.4, -0.2) is 10.1 Å². The van der Waals surface area contributed by atoms with Gasteiger partial charge in [0, 0.05) is 5.41 Å². The molecule has 0 aliphatic heterocycles. The molecular formula is C17H23N3O. The summed E-state index contributed by atoms with van der Waals surface area (Å²) < 4.78 is 5.45. The highest BCUT2D eigenvalue weighted by atomic mass is 16.5. The molecule has 0 saturated heterocycles. The molecular weight excluding hydrogens is 262 g/mol. The van der Waals surface area contributed by atoms with Gasteiger partial charge in [0.15, 0.2) is 5.82 Å². The fraction of sp³-hybridized carbons (Fsp3) is 0.529. The zero-order valence-electron chi connectivity index (χ0n) is 13.2. The van der Waals surface area contributed by atoms with Crippen LogP contribution < -0.4 is 5.73 Å². The van der Waals surface area contributed by atoms with Gasteiger partial charge in [0.1, 0.15) is 5.54 Å². The minimum atomic E-state index is -0.643. The Labute approximate surface area is 125 Å². The quantitative estimate of drug-likeness (QED) is 0.871. The number of fused-ring (bicyclic) bond motifs is 1. The second-order valence-corrected chi connectivity index (χ2v) is 7.17. The van der Waals surface area contributed by atoms with E-state index in [0.29, 0.717) is 17.6 Å². The van der Waals surface area contributed by atoms with Gasteiger partial charge in [0.25, 0.3) is 0 Å². The van der Waals surface area contributed by atoms with Crippen LogP contribution >= 0.6 is 0 Å². The van der Waals surface area contributed by atoms with E-state index < -0.39 is 5.54 Å². The zero-order chi connectivity index (χ0) is 15.3. The van der Waals surface area contributed by atoms with E-state index in [-0.39, 0.29) is 5.41 Å². The lowest BCUT2D eigenvalue weighted by Gasteiger charge is -2.36. The van der Waals surface area contributed by atoms with E-state index in [1.54, 1.807) is 0 Å². The highest BCUT2D eigenvalue weighted by Gasteiger charge is 2.41. The minimum Gasteiger partial charge on any atom is -0.339 e. The lowest BCUT2D eigenvalue weighted by Crippen LogP contribution is -2.42. The van der Waals surface area contributed by atoms with Crippen LogP contribution in [0, 0.1) is 0 Å². The molecule has 2 unspecified atom stereocenters. The summed E-state index contributed by atoms with van der Waals surface area (Å²) in [5, 5.41) is 4.19. The summed E-state index contributed by atoms with van der Waals surface area (Å²) in [5.41, 5.74) is 8.35. The second-order valence-electron chi connectivity index (χ2n) is 7.17. The Balaban J connectivity index is 2.10. The van der Waals surface area contributed by atoms with Crippen molar-refractivity contribution in [3.05, 3.63) is 47.1 Å². The fourth-order valence-corrected chi connectivity index (χ4v) is 3.01. The molecule has 4 heteroatoms. The standard InChI is InChI=1S/C17H23N3O/c1-11-9-10-17(18,13-8-6-5-7-12(11)13)14-19-15(21-20-14)16(2,3)4/h5-8,11H,9-10,18H2,1-4H3. The van der Waals surface area contributed by atoms with Crippen LogP contribution in [-0.2, 0) is 11.0 Å². The van der Waals surface area contributed by atoms with E-state index in [4.69, 9.17) is 10.3 Å². The maximum atomic E-state index is 6.73. The van der Waals surface area contributed by atoms with E-state index in [1.165, 1.54) is 5.56 Å².